The highest BCUT2D eigenvalue weighted by Gasteiger charge is 2.32. The monoisotopic (exact) mass is 484 g/mol. The minimum Gasteiger partial charge on any atom is -0.492 e. The Morgan fingerprint density at radius 3 is 2.77 bits per heavy atom. The summed E-state index contributed by atoms with van der Waals surface area (Å²) >= 11 is 12.0. The molecule has 0 aliphatic carbocycles. The first-order valence-electron chi connectivity index (χ1n) is 10.1. The van der Waals surface area contributed by atoms with E-state index in [1.807, 2.05) is 19.1 Å². The fourth-order valence-corrected chi connectivity index (χ4v) is 5.47. The van der Waals surface area contributed by atoms with Crippen LogP contribution >= 0.6 is 23.2 Å². The van der Waals surface area contributed by atoms with Gasteiger partial charge in [0.25, 0.3) is 0 Å². The SMILES string of the molecule is Cc1ccc(OCCNC(=O)[C@@H]2CCCN(S(=O)(=O)Cc3cccc(Cl)c3)C2)cc1Cl. The molecule has 0 unspecified atom stereocenters. The van der Waals surface area contributed by atoms with Crippen LogP contribution in [0.3, 0.4) is 0 Å². The largest absolute Gasteiger partial charge is 0.492 e. The smallest absolute Gasteiger partial charge is 0.224 e. The van der Waals surface area contributed by atoms with Crippen LogP contribution < -0.4 is 10.1 Å². The van der Waals surface area contributed by atoms with Crippen LogP contribution in [-0.4, -0.2) is 44.9 Å². The topological polar surface area (TPSA) is 75.7 Å². The number of sulfonamides is 1. The second-order valence-electron chi connectivity index (χ2n) is 7.63. The highest BCUT2D eigenvalue weighted by molar-refractivity contribution is 7.88. The third-order valence-corrected chi connectivity index (χ3v) is 7.66. The third-order valence-electron chi connectivity index (χ3n) is 5.20. The average molecular weight is 485 g/mol. The molecule has 2 aromatic rings. The zero-order valence-corrected chi connectivity index (χ0v) is 19.6. The summed E-state index contributed by atoms with van der Waals surface area (Å²) in [6, 6.07) is 12.3. The number of benzene rings is 2. The second-order valence-corrected chi connectivity index (χ2v) is 10.4. The van der Waals surface area contributed by atoms with E-state index in [0.29, 0.717) is 53.9 Å². The van der Waals surface area contributed by atoms with Crippen molar-refractivity contribution >= 4 is 39.1 Å². The quantitative estimate of drug-likeness (QED) is 0.573. The highest BCUT2D eigenvalue weighted by atomic mass is 35.5. The number of nitrogens with zero attached hydrogens (tertiary/aromatic N) is 1. The third kappa shape index (κ3) is 6.84. The van der Waals surface area contributed by atoms with Crippen LogP contribution in [0, 0.1) is 12.8 Å². The fraction of sp³-hybridized carbons (Fsp3) is 0.409. The predicted molar refractivity (Wildman–Crippen MR) is 123 cm³/mol. The number of rotatable bonds is 8. The molecule has 0 aromatic heterocycles. The second kappa shape index (κ2) is 10.7. The van der Waals surface area contributed by atoms with E-state index in [1.54, 1.807) is 30.3 Å². The number of hydrogen-bond donors (Lipinski definition) is 1. The number of ether oxygens (including phenoxy) is 1. The normalized spacial score (nSPS) is 17.3. The van der Waals surface area contributed by atoms with Gasteiger partial charge in [-0.15, -0.1) is 0 Å². The van der Waals surface area contributed by atoms with Crippen LogP contribution in [0.4, 0.5) is 0 Å². The van der Waals surface area contributed by atoms with Crippen molar-refractivity contribution in [2.45, 2.75) is 25.5 Å². The van der Waals surface area contributed by atoms with E-state index < -0.39 is 10.0 Å². The molecular weight excluding hydrogens is 459 g/mol. The maximum Gasteiger partial charge on any atom is 0.224 e. The standard InChI is InChI=1S/C22H26Cl2N2O4S/c1-16-7-8-20(13-21(16)24)30-11-9-25-22(27)18-5-3-10-26(14-18)31(28,29)15-17-4-2-6-19(23)12-17/h2,4,6-8,12-13,18H,3,5,9-11,14-15H2,1H3,(H,25,27)/t18-/m1/s1. The number of aryl methyl sites for hydroxylation is 1. The van der Waals surface area contributed by atoms with Crippen molar-refractivity contribution in [2.75, 3.05) is 26.2 Å². The molecule has 31 heavy (non-hydrogen) atoms. The van der Waals surface area contributed by atoms with Crippen molar-refractivity contribution in [2.24, 2.45) is 5.92 Å². The average Bonchev–Trinajstić information content (AvgIpc) is 2.73. The first kappa shape index (κ1) is 23.9. The van der Waals surface area contributed by atoms with Gasteiger partial charge >= 0.3 is 0 Å². The summed E-state index contributed by atoms with van der Waals surface area (Å²) in [6.07, 6.45) is 1.30. The van der Waals surface area contributed by atoms with Crippen LogP contribution in [0.15, 0.2) is 42.5 Å². The van der Waals surface area contributed by atoms with Crippen LogP contribution in [0.5, 0.6) is 5.75 Å². The molecule has 0 saturated carbocycles. The minimum absolute atomic E-state index is 0.130. The lowest BCUT2D eigenvalue weighted by Crippen LogP contribution is -2.46. The number of carbonyl (C=O) groups is 1. The fourth-order valence-electron chi connectivity index (χ4n) is 3.49. The van der Waals surface area contributed by atoms with E-state index in [1.165, 1.54) is 4.31 Å². The summed E-state index contributed by atoms with van der Waals surface area (Å²) in [6.45, 7) is 3.15. The molecule has 0 radical (unpaired) electrons. The first-order valence-corrected chi connectivity index (χ1v) is 12.5. The number of carbonyl (C=O) groups excluding carboxylic acids is 1. The summed E-state index contributed by atoms with van der Waals surface area (Å²) in [4.78, 5) is 12.6. The van der Waals surface area contributed by atoms with Gasteiger partial charge < -0.3 is 10.1 Å². The van der Waals surface area contributed by atoms with Gasteiger partial charge in [0.2, 0.25) is 15.9 Å². The van der Waals surface area contributed by atoms with Gasteiger partial charge in [-0.2, -0.15) is 0 Å². The van der Waals surface area contributed by atoms with Crippen LogP contribution in [0.25, 0.3) is 0 Å². The predicted octanol–water partition coefficient (Wildman–Crippen LogP) is 4.04. The number of amides is 1. The molecule has 1 atom stereocenters. The lowest BCUT2D eigenvalue weighted by atomic mass is 9.99. The summed E-state index contributed by atoms with van der Waals surface area (Å²) < 4.78 is 32.7. The Balaban J connectivity index is 1.48. The summed E-state index contributed by atoms with van der Waals surface area (Å²) in [5.41, 5.74) is 1.60. The van der Waals surface area contributed by atoms with Crippen molar-refractivity contribution < 1.29 is 17.9 Å². The molecular formula is C22H26Cl2N2O4S. The van der Waals surface area contributed by atoms with Crippen molar-refractivity contribution in [1.29, 1.82) is 0 Å². The molecule has 1 amide bonds. The van der Waals surface area contributed by atoms with E-state index in [0.717, 1.165) is 5.56 Å². The molecule has 1 N–H and O–H groups in total. The van der Waals surface area contributed by atoms with Crippen molar-refractivity contribution in [3.63, 3.8) is 0 Å². The van der Waals surface area contributed by atoms with Gasteiger partial charge in [0.05, 0.1) is 18.2 Å². The molecule has 0 bridgehead atoms. The Kier molecular flexibility index (Phi) is 8.22. The minimum atomic E-state index is -3.53. The molecule has 1 fully saturated rings. The summed E-state index contributed by atoms with van der Waals surface area (Å²) in [5.74, 6) is -0.0276. The van der Waals surface area contributed by atoms with Gasteiger partial charge in [0.15, 0.2) is 0 Å². The Bertz CT molecular complexity index is 1030. The van der Waals surface area contributed by atoms with Gasteiger partial charge in [-0.05, 0) is 55.2 Å². The van der Waals surface area contributed by atoms with E-state index in [2.05, 4.69) is 5.32 Å². The van der Waals surface area contributed by atoms with Gasteiger partial charge in [-0.1, -0.05) is 41.4 Å². The van der Waals surface area contributed by atoms with Crippen molar-refractivity contribution in [3.05, 3.63) is 63.6 Å². The van der Waals surface area contributed by atoms with E-state index in [9.17, 15) is 13.2 Å². The number of hydrogen-bond acceptors (Lipinski definition) is 4. The van der Waals surface area contributed by atoms with Crippen molar-refractivity contribution in [1.82, 2.24) is 9.62 Å². The lowest BCUT2D eigenvalue weighted by molar-refractivity contribution is -0.126. The van der Waals surface area contributed by atoms with Crippen LogP contribution in [0.2, 0.25) is 10.0 Å². The molecule has 9 heteroatoms. The number of halogens is 2. The molecule has 1 aliphatic rings. The molecule has 168 valence electrons. The van der Waals surface area contributed by atoms with Gasteiger partial charge in [-0.25, -0.2) is 12.7 Å². The Hall–Kier alpha value is -1.80. The Labute approximate surface area is 193 Å². The highest BCUT2D eigenvalue weighted by Crippen LogP contribution is 2.23. The molecule has 2 aromatic carbocycles. The molecule has 3 rings (SSSR count). The Morgan fingerprint density at radius 1 is 1.23 bits per heavy atom. The molecule has 1 heterocycles. The number of piperidine rings is 1. The molecule has 6 nitrogen and oxygen atoms in total. The van der Waals surface area contributed by atoms with Gasteiger partial charge in [0, 0.05) is 23.1 Å². The van der Waals surface area contributed by atoms with Crippen molar-refractivity contribution in [3.8, 4) is 5.75 Å². The molecule has 1 saturated heterocycles. The van der Waals surface area contributed by atoms with Gasteiger partial charge in [-0.3, -0.25) is 4.79 Å². The van der Waals surface area contributed by atoms with Crippen LogP contribution in [0.1, 0.15) is 24.0 Å². The zero-order chi connectivity index (χ0) is 22.4. The first-order chi connectivity index (χ1) is 14.7. The Morgan fingerprint density at radius 2 is 2.03 bits per heavy atom. The summed E-state index contributed by atoms with van der Waals surface area (Å²) in [5, 5.41) is 3.97. The maximum atomic E-state index is 12.8. The van der Waals surface area contributed by atoms with E-state index >= 15 is 0 Å². The van der Waals surface area contributed by atoms with Gasteiger partial charge in [0.1, 0.15) is 12.4 Å². The maximum absolute atomic E-state index is 12.8. The molecule has 0 spiro atoms. The van der Waals surface area contributed by atoms with Crippen LogP contribution in [-0.2, 0) is 20.6 Å². The lowest BCUT2D eigenvalue weighted by Gasteiger charge is -2.31. The number of nitrogens with one attached hydrogen (secondary N) is 1. The van der Waals surface area contributed by atoms with E-state index in [4.69, 9.17) is 27.9 Å². The molecule has 1 aliphatic heterocycles. The van der Waals surface area contributed by atoms with E-state index in [-0.39, 0.29) is 24.1 Å². The summed E-state index contributed by atoms with van der Waals surface area (Å²) in [7, 11) is -3.53. The zero-order valence-electron chi connectivity index (χ0n) is 17.3.